The van der Waals surface area contributed by atoms with Crippen LogP contribution in [0.5, 0.6) is 6.01 Å². The van der Waals surface area contributed by atoms with E-state index in [2.05, 4.69) is 15.1 Å². The van der Waals surface area contributed by atoms with Gasteiger partial charge >= 0.3 is 6.01 Å². The van der Waals surface area contributed by atoms with Gasteiger partial charge in [-0.15, -0.1) is 0 Å². The number of hydrogen-bond donors (Lipinski definition) is 0. The van der Waals surface area contributed by atoms with Gasteiger partial charge in [0.05, 0.1) is 13.3 Å². The zero-order chi connectivity index (χ0) is 8.55. The summed E-state index contributed by atoms with van der Waals surface area (Å²) in [6.45, 7) is 0. The van der Waals surface area contributed by atoms with E-state index in [0.29, 0.717) is 0 Å². The minimum Gasteiger partial charge on any atom is -0.467 e. The van der Waals surface area contributed by atoms with Crippen molar-refractivity contribution in [2.75, 3.05) is 7.11 Å². The molecule has 0 aliphatic carbocycles. The quantitative estimate of drug-likeness (QED) is 0.613. The van der Waals surface area contributed by atoms with E-state index < -0.39 is 5.82 Å². The fraction of sp³-hybridized carbons (Fsp3) is 0.167. The summed E-state index contributed by atoms with van der Waals surface area (Å²) in [7, 11) is 1.43. The van der Waals surface area contributed by atoms with Crippen molar-refractivity contribution in [3.05, 3.63) is 18.3 Å². The lowest BCUT2D eigenvalue weighted by atomic mass is 10.6. The second-order valence-electron chi connectivity index (χ2n) is 2.09. The molecule has 0 aromatic carbocycles. The van der Waals surface area contributed by atoms with Gasteiger partial charge in [-0.05, 0) is 0 Å². The SMILES string of the molecule is COc1ncc(F)c2ncnn12. The van der Waals surface area contributed by atoms with E-state index >= 15 is 0 Å². The first-order chi connectivity index (χ1) is 5.83. The molecule has 12 heavy (non-hydrogen) atoms. The van der Waals surface area contributed by atoms with Crippen LogP contribution in [-0.2, 0) is 0 Å². The zero-order valence-corrected chi connectivity index (χ0v) is 6.23. The Morgan fingerprint density at radius 1 is 1.50 bits per heavy atom. The van der Waals surface area contributed by atoms with E-state index in [0.717, 1.165) is 6.20 Å². The molecule has 0 unspecified atom stereocenters. The number of ether oxygens (including phenoxy) is 1. The molecule has 2 aromatic rings. The van der Waals surface area contributed by atoms with Crippen molar-refractivity contribution < 1.29 is 9.13 Å². The summed E-state index contributed by atoms with van der Waals surface area (Å²) in [6, 6.07) is 0.212. The Hall–Kier alpha value is -1.72. The summed E-state index contributed by atoms with van der Waals surface area (Å²) in [5.74, 6) is -0.520. The van der Waals surface area contributed by atoms with Crippen LogP contribution in [0.3, 0.4) is 0 Å². The molecule has 6 heteroatoms. The van der Waals surface area contributed by atoms with Gasteiger partial charge < -0.3 is 4.74 Å². The lowest BCUT2D eigenvalue weighted by Gasteiger charge is -1.99. The number of fused-ring (bicyclic) bond motifs is 1. The van der Waals surface area contributed by atoms with E-state index in [9.17, 15) is 4.39 Å². The van der Waals surface area contributed by atoms with Crippen LogP contribution in [0.25, 0.3) is 5.65 Å². The fourth-order valence-corrected chi connectivity index (χ4v) is 0.908. The van der Waals surface area contributed by atoms with E-state index in [-0.39, 0.29) is 11.7 Å². The minimum atomic E-state index is -0.520. The van der Waals surface area contributed by atoms with Crippen molar-refractivity contribution in [2.24, 2.45) is 0 Å². The molecule has 5 nitrogen and oxygen atoms in total. The number of aromatic nitrogens is 4. The molecule has 0 atom stereocenters. The van der Waals surface area contributed by atoms with Gasteiger partial charge in [0.15, 0.2) is 11.5 Å². The maximum atomic E-state index is 12.9. The van der Waals surface area contributed by atoms with E-state index in [4.69, 9.17) is 4.74 Å². The Balaban J connectivity index is 2.82. The van der Waals surface area contributed by atoms with Gasteiger partial charge in [-0.2, -0.15) is 9.61 Å². The first-order valence-corrected chi connectivity index (χ1v) is 3.21. The second kappa shape index (κ2) is 2.40. The van der Waals surface area contributed by atoms with Crippen LogP contribution in [0.1, 0.15) is 0 Å². The maximum absolute atomic E-state index is 12.9. The second-order valence-corrected chi connectivity index (χ2v) is 2.09. The van der Waals surface area contributed by atoms with Gasteiger partial charge in [-0.3, -0.25) is 0 Å². The van der Waals surface area contributed by atoms with Gasteiger partial charge in [-0.25, -0.2) is 14.4 Å². The molecule has 0 bridgehead atoms. The number of hydrogen-bond acceptors (Lipinski definition) is 4. The number of halogens is 1. The monoisotopic (exact) mass is 168 g/mol. The van der Waals surface area contributed by atoms with Crippen LogP contribution in [0.2, 0.25) is 0 Å². The average molecular weight is 168 g/mol. The van der Waals surface area contributed by atoms with Crippen molar-refractivity contribution >= 4 is 5.65 Å². The zero-order valence-electron chi connectivity index (χ0n) is 6.23. The Morgan fingerprint density at radius 3 is 3.08 bits per heavy atom. The highest BCUT2D eigenvalue weighted by molar-refractivity contribution is 5.38. The predicted molar refractivity (Wildman–Crippen MR) is 37.3 cm³/mol. The normalized spacial score (nSPS) is 10.5. The molecule has 2 aromatic heterocycles. The average Bonchev–Trinajstić information content (AvgIpc) is 2.54. The van der Waals surface area contributed by atoms with Gasteiger partial charge in [0.25, 0.3) is 0 Å². The summed E-state index contributed by atoms with van der Waals surface area (Å²) in [5, 5.41) is 3.73. The lowest BCUT2D eigenvalue weighted by molar-refractivity contribution is 0.364. The molecule has 0 saturated heterocycles. The molecule has 0 fully saturated rings. The Bertz CT molecular complexity index is 413. The van der Waals surface area contributed by atoms with Gasteiger partial charge in [0, 0.05) is 0 Å². The molecule has 0 radical (unpaired) electrons. The van der Waals surface area contributed by atoms with Gasteiger partial charge in [-0.1, -0.05) is 0 Å². The van der Waals surface area contributed by atoms with Crippen molar-refractivity contribution in [3.8, 4) is 6.01 Å². The van der Waals surface area contributed by atoms with Crippen LogP contribution in [0, 0.1) is 5.82 Å². The summed E-state index contributed by atoms with van der Waals surface area (Å²) in [6.07, 6.45) is 2.28. The molecular weight excluding hydrogens is 163 g/mol. The number of methoxy groups -OCH3 is 1. The number of rotatable bonds is 1. The molecule has 0 N–H and O–H groups in total. The number of nitrogens with zero attached hydrogens (tertiary/aromatic N) is 4. The third kappa shape index (κ3) is 0.810. The van der Waals surface area contributed by atoms with Gasteiger partial charge in [0.2, 0.25) is 0 Å². The van der Waals surface area contributed by atoms with Crippen LogP contribution in [0.4, 0.5) is 4.39 Å². The first-order valence-electron chi connectivity index (χ1n) is 3.21. The van der Waals surface area contributed by atoms with E-state index in [1.807, 2.05) is 0 Å². The van der Waals surface area contributed by atoms with Crippen molar-refractivity contribution in [1.29, 1.82) is 0 Å². The third-order valence-electron chi connectivity index (χ3n) is 1.41. The van der Waals surface area contributed by atoms with Crippen LogP contribution >= 0.6 is 0 Å². The summed E-state index contributed by atoms with van der Waals surface area (Å²) >= 11 is 0. The van der Waals surface area contributed by atoms with Crippen LogP contribution in [0.15, 0.2) is 12.5 Å². The topological polar surface area (TPSA) is 52.3 Å². The molecule has 2 heterocycles. The van der Waals surface area contributed by atoms with E-state index in [1.165, 1.54) is 18.0 Å². The third-order valence-corrected chi connectivity index (χ3v) is 1.41. The first kappa shape index (κ1) is 6.96. The minimum absolute atomic E-state index is 0.113. The molecule has 2 rings (SSSR count). The Kier molecular flexibility index (Phi) is 1.39. The summed E-state index contributed by atoms with van der Waals surface area (Å²) in [5.41, 5.74) is 0.113. The molecule has 0 aliphatic heterocycles. The maximum Gasteiger partial charge on any atom is 0.319 e. The molecule has 0 saturated carbocycles. The van der Waals surface area contributed by atoms with Crippen LogP contribution < -0.4 is 4.74 Å². The highest BCUT2D eigenvalue weighted by Gasteiger charge is 2.08. The lowest BCUT2D eigenvalue weighted by Crippen LogP contribution is -2.00. The smallest absolute Gasteiger partial charge is 0.319 e. The standard InChI is InChI=1S/C6H5FN4O/c1-12-6-8-2-4(7)5-9-3-10-11(5)6/h2-3H,1H3. The Labute approximate surface area is 66.8 Å². The van der Waals surface area contributed by atoms with Crippen molar-refractivity contribution in [3.63, 3.8) is 0 Å². The van der Waals surface area contributed by atoms with Gasteiger partial charge in [0.1, 0.15) is 6.33 Å². The molecule has 62 valence electrons. The largest absolute Gasteiger partial charge is 0.467 e. The van der Waals surface area contributed by atoms with Crippen LogP contribution in [-0.4, -0.2) is 26.7 Å². The Morgan fingerprint density at radius 2 is 2.33 bits per heavy atom. The molecule has 0 spiro atoms. The predicted octanol–water partition coefficient (Wildman–Crippen LogP) is 0.272. The highest BCUT2D eigenvalue weighted by atomic mass is 19.1. The highest BCUT2D eigenvalue weighted by Crippen LogP contribution is 2.10. The van der Waals surface area contributed by atoms with E-state index in [1.54, 1.807) is 0 Å². The van der Waals surface area contributed by atoms with Crippen molar-refractivity contribution in [2.45, 2.75) is 0 Å². The molecule has 0 aliphatic rings. The summed E-state index contributed by atoms with van der Waals surface area (Å²) < 4.78 is 18.9. The summed E-state index contributed by atoms with van der Waals surface area (Å²) in [4.78, 5) is 7.34. The molecular formula is C6H5FN4O. The van der Waals surface area contributed by atoms with Crippen molar-refractivity contribution in [1.82, 2.24) is 19.6 Å². The molecule has 0 amide bonds. The fourth-order valence-electron chi connectivity index (χ4n) is 0.908.